The molecule has 0 amide bonds. The molecule has 3 N–H and O–H groups in total. The van der Waals surface area contributed by atoms with Gasteiger partial charge in [-0.05, 0) is 81.2 Å². The zero-order valence-corrected chi connectivity index (χ0v) is 15.7. The molecule has 1 aliphatic heterocycles. The molecule has 1 aliphatic rings. The standard InChI is InChI=1S/C19H24F2N2O2S/c1-13-5-7-19(17(21)10-13)23-18-8-6-15(20)11-14(18)12-16(26(23,24)25)4-3-9-22-2/h5-8,10-11,16,22,24-25H,3-4,9,12H2,1-2H3/t16-/m1/s1. The number of halogens is 2. The highest BCUT2D eigenvalue weighted by Gasteiger charge is 2.40. The molecule has 0 radical (unpaired) electrons. The molecule has 2 aromatic carbocycles. The molecule has 7 heteroatoms. The summed E-state index contributed by atoms with van der Waals surface area (Å²) in [6.07, 6.45) is 1.64. The van der Waals surface area contributed by atoms with Crippen LogP contribution in [0.15, 0.2) is 36.4 Å². The Balaban J connectivity index is 2.09. The van der Waals surface area contributed by atoms with E-state index in [2.05, 4.69) is 5.32 Å². The number of rotatable bonds is 5. The first-order valence-corrected chi connectivity index (χ1v) is 10.2. The molecule has 3 rings (SSSR count). The van der Waals surface area contributed by atoms with Gasteiger partial charge in [0, 0.05) is 0 Å². The van der Waals surface area contributed by atoms with Crippen LogP contribution >= 0.6 is 10.8 Å². The predicted octanol–water partition coefficient (Wildman–Crippen LogP) is 5.00. The van der Waals surface area contributed by atoms with Gasteiger partial charge >= 0.3 is 0 Å². The van der Waals surface area contributed by atoms with Gasteiger partial charge in [-0.25, -0.2) is 13.1 Å². The largest absolute Gasteiger partial charge is 0.320 e. The van der Waals surface area contributed by atoms with Gasteiger partial charge in [-0.1, -0.05) is 6.07 Å². The summed E-state index contributed by atoms with van der Waals surface area (Å²) in [5.41, 5.74) is 1.94. The molecular formula is C19H24F2N2O2S. The normalized spacial score (nSPS) is 19.9. The van der Waals surface area contributed by atoms with Crippen LogP contribution in [0.2, 0.25) is 0 Å². The highest BCUT2D eigenvalue weighted by Crippen LogP contribution is 2.61. The molecule has 0 unspecified atom stereocenters. The molecule has 1 heterocycles. The Morgan fingerprint density at radius 3 is 2.58 bits per heavy atom. The number of hydrogen-bond acceptors (Lipinski definition) is 4. The van der Waals surface area contributed by atoms with Crippen LogP contribution in [-0.2, 0) is 6.42 Å². The Kier molecular flexibility index (Phi) is 5.53. The third-order valence-electron chi connectivity index (χ3n) is 4.70. The smallest absolute Gasteiger partial charge is 0.148 e. The summed E-state index contributed by atoms with van der Waals surface area (Å²) in [6.45, 7) is 2.51. The van der Waals surface area contributed by atoms with Crippen molar-refractivity contribution in [2.75, 3.05) is 17.9 Å². The average Bonchev–Trinajstić information content (AvgIpc) is 2.57. The van der Waals surface area contributed by atoms with Crippen LogP contribution in [0.25, 0.3) is 0 Å². The van der Waals surface area contributed by atoms with E-state index in [1.807, 2.05) is 7.05 Å². The molecule has 2 aromatic rings. The zero-order chi connectivity index (χ0) is 18.9. The van der Waals surface area contributed by atoms with Crippen LogP contribution in [0.5, 0.6) is 0 Å². The summed E-state index contributed by atoms with van der Waals surface area (Å²) in [4.78, 5) is 0. The molecular weight excluding hydrogens is 358 g/mol. The molecule has 0 aliphatic carbocycles. The predicted molar refractivity (Wildman–Crippen MR) is 103 cm³/mol. The number of hydrogen-bond donors (Lipinski definition) is 3. The van der Waals surface area contributed by atoms with Crippen LogP contribution < -0.4 is 9.62 Å². The summed E-state index contributed by atoms with van der Waals surface area (Å²) in [7, 11) is -1.49. The SMILES string of the molecule is CNCCC[C@@H]1Cc2cc(F)ccc2N(c2ccc(C)cc2F)S1(O)O. The van der Waals surface area contributed by atoms with Crippen LogP contribution in [0.3, 0.4) is 0 Å². The van der Waals surface area contributed by atoms with Crippen molar-refractivity contribution in [1.82, 2.24) is 5.32 Å². The minimum absolute atomic E-state index is 0.0989. The van der Waals surface area contributed by atoms with Crippen LogP contribution in [0, 0.1) is 18.6 Å². The van der Waals surface area contributed by atoms with Crippen LogP contribution in [0.1, 0.15) is 24.0 Å². The van der Waals surface area contributed by atoms with Crippen molar-refractivity contribution in [2.45, 2.75) is 31.4 Å². The maximum atomic E-state index is 14.7. The lowest BCUT2D eigenvalue weighted by molar-refractivity contribution is 0.453. The van der Waals surface area contributed by atoms with E-state index in [1.165, 1.54) is 28.6 Å². The summed E-state index contributed by atoms with van der Waals surface area (Å²) < 4.78 is 51.8. The number of benzene rings is 2. The average molecular weight is 382 g/mol. The van der Waals surface area contributed by atoms with Gasteiger partial charge in [0.1, 0.15) is 11.6 Å². The van der Waals surface area contributed by atoms with E-state index in [0.29, 0.717) is 24.1 Å². The lowest BCUT2D eigenvalue weighted by Gasteiger charge is -2.53. The Bertz CT molecular complexity index is 801. The minimum atomic E-state index is -3.32. The van der Waals surface area contributed by atoms with Crippen molar-refractivity contribution < 1.29 is 17.9 Å². The van der Waals surface area contributed by atoms with Crippen LogP contribution in [-0.4, -0.2) is 27.9 Å². The summed E-state index contributed by atoms with van der Waals surface area (Å²) in [5.74, 6) is -0.920. The summed E-state index contributed by atoms with van der Waals surface area (Å²) in [6, 6.07) is 8.77. The van der Waals surface area contributed by atoms with E-state index in [4.69, 9.17) is 0 Å². The quantitative estimate of drug-likeness (QED) is 0.637. The maximum Gasteiger partial charge on any atom is 0.148 e. The monoisotopic (exact) mass is 382 g/mol. The second-order valence-electron chi connectivity index (χ2n) is 6.66. The van der Waals surface area contributed by atoms with E-state index >= 15 is 0 Å². The van der Waals surface area contributed by atoms with Gasteiger partial charge in [0.15, 0.2) is 0 Å². The second kappa shape index (κ2) is 7.52. The highest BCUT2D eigenvalue weighted by molar-refractivity contribution is 8.26. The number of nitrogens with zero attached hydrogens (tertiary/aromatic N) is 1. The first-order chi connectivity index (χ1) is 12.3. The van der Waals surface area contributed by atoms with Gasteiger partial charge in [-0.2, -0.15) is 0 Å². The van der Waals surface area contributed by atoms with Crippen molar-refractivity contribution >= 4 is 22.2 Å². The molecule has 0 saturated heterocycles. The lowest BCUT2D eigenvalue weighted by Crippen LogP contribution is -2.38. The third kappa shape index (κ3) is 3.57. The first kappa shape index (κ1) is 19.1. The number of nitrogens with one attached hydrogen (secondary N) is 1. The zero-order valence-electron chi connectivity index (χ0n) is 14.9. The number of fused-ring (bicyclic) bond motifs is 1. The van der Waals surface area contributed by atoms with Gasteiger partial charge in [0.05, 0.1) is 16.6 Å². The Morgan fingerprint density at radius 1 is 1.15 bits per heavy atom. The fourth-order valence-corrected chi connectivity index (χ4v) is 5.47. The maximum absolute atomic E-state index is 14.7. The Morgan fingerprint density at radius 2 is 1.88 bits per heavy atom. The lowest BCUT2D eigenvalue weighted by atomic mass is 10.0. The van der Waals surface area contributed by atoms with Gasteiger partial charge in [0.2, 0.25) is 0 Å². The molecule has 0 spiro atoms. The van der Waals surface area contributed by atoms with Crippen LogP contribution in [0.4, 0.5) is 20.2 Å². The van der Waals surface area contributed by atoms with E-state index in [9.17, 15) is 17.9 Å². The molecule has 0 bridgehead atoms. The van der Waals surface area contributed by atoms with Crippen molar-refractivity contribution in [3.05, 3.63) is 59.2 Å². The van der Waals surface area contributed by atoms with Gasteiger partial charge < -0.3 is 5.32 Å². The van der Waals surface area contributed by atoms with E-state index in [-0.39, 0.29) is 11.5 Å². The fraction of sp³-hybridized carbons (Fsp3) is 0.368. The number of anilines is 2. The topological polar surface area (TPSA) is 55.7 Å². The second-order valence-corrected chi connectivity index (χ2v) is 8.81. The van der Waals surface area contributed by atoms with Crippen molar-refractivity contribution in [3.8, 4) is 0 Å². The molecule has 142 valence electrons. The minimum Gasteiger partial charge on any atom is -0.320 e. The molecule has 0 saturated carbocycles. The molecule has 1 atom stereocenters. The van der Waals surface area contributed by atoms with Crippen molar-refractivity contribution in [2.24, 2.45) is 0 Å². The molecule has 4 nitrogen and oxygen atoms in total. The van der Waals surface area contributed by atoms with E-state index in [0.717, 1.165) is 18.5 Å². The summed E-state index contributed by atoms with van der Waals surface area (Å²) in [5, 5.41) is 2.54. The van der Waals surface area contributed by atoms with Gasteiger partial charge in [-0.15, -0.1) is 10.8 Å². The number of aryl methyl sites for hydroxylation is 1. The molecule has 26 heavy (non-hydrogen) atoms. The highest BCUT2D eigenvalue weighted by atomic mass is 32.3. The van der Waals surface area contributed by atoms with Gasteiger partial charge in [-0.3, -0.25) is 9.11 Å². The molecule has 0 aromatic heterocycles. The van der Waals surface area contributed by atoms with Gasteiger partial charge in [0.25, 0.3) is 0 Å². The van der Waals surface area contributed by atoms with Crippen molar-refractivity contribution in [1.29, 1.82) is 0 Å². The third-order valence-corrected chi connectivity index (χ3v) is 6.93. The fourth-order valence-electron chi connectivity index (χ4n) is 3.38. The summed E-state index contributed by atoms with van der Waals surface area (Å²) >= 11 is 0. The first-order valence-electron chi connectivity index (χ1n) is 8.61. The Hall–Kier alpha value is -1.67. The van der Waals surface area contributed by atoms with E-state index in [1.54, 1.807) is 19.1 Å². The Labute approximate surface area is 154 Å². The molecule has 0 fully saturated rings. The van der Waals surface area contributed by atoms with E-state index < -0.39 is 21.8 Å². The van der Waals surface area contributed by atoms with Crippen molar-refractivity contribution in [3.63, 3.8) is 0 Å².